The van der Waals surface area contributed by atoms with Gasteiger partial charge in [0.1, 0.15) is 0 Å². The molecule has 78 valence electrons. The number of nitrogens with zero attached hydrogens (tertiary/aromatic N) is 1. The van der Waals surface area contributed by atoms with Crippen molar-refractivity contribution >= 4 is 0 Å². The highest BCUT2D eigenvalue weighted by Crippen LogP contribution is 2.52. The molecule has 1 N–H and O–H groups in total. The SMILES string of the molecule is CC(C)CCCC1(C)N(O)C1(C)C. The Labute approximate surface area is 81.9 Å². The molecule has 1 heterocycles. The lowest BCUT2D eigenvalue weighted by Gasteiger charge is -2.11. The predicted octanol–water partition coefficient (Wildman–Crippen LogP) is 3.05. The van der Waals surface area contributed by atoms with E-state index in [4.69, 9.17) is 0 Å². The van der Waals surface area contributed by atoms with Crippen molar-refractivity contribution in [1.82, 2.24) is 5.06 Å². The number of hydroxylamine groups is 2. The fourth-order valence-electron chi connectivity index (χ4n) is 2.06. The van der Waals surface area contributed by atoms with E-state index in [1.54, 1.807) is 0 Å². The lowest BCUT2D eigenvalue weighted by Crippen LogP contribution is -2.16. The Balaban J connectivity index is 2.31. The molecular weight excluding hydrogens is 162 g/mol. The summed E-state index contributed by atoms with van der Waals surface area (Å²) in [7, 11) is 0. The largest absolute Gasteiger partial charge is 0.313 e. The first-order valence-corrected chi connectivity index (χ1v) is 5.31. The molecule has 1 aliphatic rings. The number of rotatable bonds is 4. The minimum absolute atomic E-state index is 0.00994. The van der Waals surface area contributed by atoms with Gasteiger partial charge in [-0.3, -0.25) is 0 Å². The summed E-state index contributed by atoms with van der Waals surface area (Å²) < 4.78 is 0. The van der Waals surface area contributed by atoms with Crippen molar-refractivity contribution in [2.45, 2.75) is 65.0 Å². The Bertz CT molecular complexity index is 189. The summed E-state index contributed by atoms with van der Waals surface area (Å²) in [6, 6.07) is 0. The van der Waals surface area contributed by atoms with Gasteiger partial charge in [0, 0.05) is 0 Å². The van der Waals surface area contributed by atoms with Gasteiger partial charge in [0.15, 0.2) is 0 Å². The molecule has 0 bridgehead atoms. The molecule has 1 fully saturated rings. The topological polar surface area (TPSA) is 23.2 Å². The average molecular weight is 185 g/mol. The molecule has 0 spiro atoms. The van der Waals surface area contributed by atoms with E-state index in [0.717, 1.165) is 12.3 Å². The molecule has 0 radical (unpaired) electrons. The van der Waals surface area contributed by atoms with E-state index in [1.807, 2.05) is 0 Å². The van der Waals surface area contributed by atoms with E-state index < -0.39 is 0 Å². The van der Waals surface area contributed by atoms with Gasteiger partial charge in [0.25, 0.3) is 0 Å². The van der Waals surface area contributed by atoms with Crippen LogP contribution in [0.1, 0.15) is 53.9 Å². The zero-order valence-corrected chi connectivity index (χ0v) is 9.59. The van der Waals surface area contributed by atoms with E-state index in [2.05, 4.69) is 34.6 Å². The molecule has 0 saturated carbocycles. The molecular formula is C11H23NO. The molecule has 2 unspecified atom stereocenters. The van der Waals surface area contributed by atoms with E-state index in [9.17, 15) is 5.21 Å². The van der Waals surface area contributed by atoms with Gasteiger partial charge in [-0.2, -0.15) is 5.06 Å². The van der Waals surface area contributed by atoms with Crippen LogP contribution in [0.2, 0.25) is 0 Å². The van der Waals surface area contributed by atoms with E-state index in [-0.39, 0.29) is 11.1 Å². The third-order valence-corrected chi connectivity index (χ3v) is 3.71. The van der Waals surface area contributed by atoms with E-state index >= 15 is 0 Å². The first-order chi connectivity index (χ1) is 5.82. The average Bonchev–Trinajstić information content (AvgIpc) is 2.35. The third-order valence-electron chi connectivity index (χ3n) is 3.71. The first kappa shape index (κ1) is 11.0. The van der Waals surface area contributed by atoms with Crippen molar-refractivity contribution in [2.75, 3.05) is 0 Å². The van der Waals surface area contributed by atoms with Crippen molar-refractivity contribution < 1.29 is 5.21 Å². The quantitative estimate of drug-likeness (QED) is 0.680. The van der Waals surface area contributed by atoms with Gasteiger partial charge < -0.3 is 5.21 Å². The Hall–Kier alpha value is -0.0800. The van der Waals surface area contributed by atoms with Gasteiger partial charge in [-0.15, -0.1) is 0 Å². The second-order valence-electron chi connectivity index (χ2n) is 5.43. The summed E-state index contributed by atoms with van der Waals surface area (Å²) in [4.78, 5) is 0. The highest BCUT2D eigenvalue weighted by Gasteiger charge is 2.65. The molecule has 2 atom stereocenters. The lowest BCUT2D eigenvalue weighted by molar-refractivity contribution is -0.0247. The number of hydrogen-bond acceptors (Lipinski definition) is 2. The minimum atomic E-state index is -0.00994. The fourth-order valence-corrected chi connectivity index (χ4v) is 2.06. The second-order valence-corrected chi connectivity index (χ2v) is 5.43. The Morgan fingerprint density at radius 2 is 1.69 bits per heavy atom. The maximum absolute atomic E-state index is 9.61. The maximum atomic E-state index is 9.61. The molecule has 0 aromatic carbocycles. The summed E-state index contributed by atoms with van der Waals surface area (Å²) in [5.41, 5.74) is 0.0197. The monoisotopic (exact) mass is 185 g/mol. The summed E-state index contributed by atoms with van der Waals surface area (Å²) in [5.74, 6) is 0.776. The van der Waals surface area contributed by atoms with Crippen LogP contribution >= 0.6 is 0 Å². The van der Waals surface area contributed by atoms with Crippen LogP contribution in [0.5, 0.6) is 0 Å². The van der Waals surface area contributed by atoms with Crippen LogP contribution in [0.25, 0.3) is 0 Å². The van der Waals surface area contributed by atoms with Gasteiger partial charge in [-0.05, 0) is 33.1 Å². The molecule has 0 amide bonds. The highest BCUT2D eigenvalue weighted by atomic mass is 16.5. The van der Waals surface area contributed by atoms with Gasteiger partial charge in [0.2, 0.25) is 0 Å². The van der Waals surface area contributed by atoms with Crippen molar-refractivity contribution in [1.29, 1.82) is 0 Å². The second kappa shape index (κ2) is 3.25. The van der Waals surface area contributed by atoms with Crippen molar-refractivity contribution in [3.63, 3.8) is 0 Å². The predicted molar refractivity (Wildman–Crippen MR) is 54.8 cm³/mol. The van der Waals surface area contributed by atoms with Crippen LogP contribution in [0.3, 0.4) is 0 Å². The normalized spacial score (nSPS) is 36.7. The van der Waals surface area contributed by atoms with E-state index in [0.29, 0.717) is 0 Å². The van der Waals surface area contributed by atoms with E-state index in [1.165, 1.54) is 17.9 Å². The van der Waals surface area contributed by atoms with Crippen LogP contribution in [-0.4, -0.2) is 21.3 Å². The molecule has 0 aromatic rings. The Morgan fingerprint density at radius 1 is 1.23 bits per heavy atom. The molecule has 0 aromatic heterocycles. The van der Waals surface area contributed by atoms with Crippen LogP contribution in [0.4, 0.5) is 0 Å². The molecule has 13 heavy (non-hydrogen) atoms. The van der Waals surface area contributed by atoms with Crippen LogP contribution in [-0.2, 0) is 0 Å². The standard InChI is InChI=1S/C11H23NO/c1-9(2)7-6-8-11(5)10(3,4)12(11)13/h9,13H,6-8H2,1-5H3. The summed E-state index contributed by atoms with van der Waals surface area (Å²) >= 11 is 0. The molecule has 1 saturated heterocycles. The maximum Gasteiger partial charge on any atom is 0.0640 e. The summed E-state index contributed by atoms with van der Waals surface area (Å²) in [6.45, 7) is 10.8. The van der Waals surface area contributed by atoms with Crippen LogP contribution in [0.15, 0.2) is 0 Å². The molecule has 1 aliphatic heterocycles. The van der Waals surface area contributed by atoms with Gasteiger partial charge in [-0.25, -0.2) is 0 Å². The lowest BCUT2D eigenvalue weighted by atomic mass is 9.91. The van der Waals surface area contributed by atoms with Crippen molar-refractivity contribution in [2.24, 2.45) is 5.92 Å². The Morgan fingerprint density at radius 3 is 2.00 bits per heavy atom. The van der Waals surface area contributed by atoms with Crippen LogP contribution in [0, 0.1) is 5.92 Å². The molecule has 1 rings (SSSR count). The molecule has 0 aliphatic carbocycles. The minimum Gasteiger partial charge on any atom is -0.313 e. The highest BCUT2D eigenvalue weighted by molar-refractivity contribution is 5.17. The molecule has 2 nitrogen and oxygen atoms in total. The number of hydrogen-bond donors (Lipinski definition) is 1. The summed E-state index contributed by atoms with van der Waals surface area (Å²) in [5, 5.41) is 11.1. The van der Waals surface area contributed by atoms with Crippen LogP contribution < -0.4 is 0 Å². The van der Waals surface area contributed by atoms with Crippen molar-refractivity contribution in [3.8, 4) is 0 Å². The van der Waals surface area contributed by atoms with Crippen molar-refractivity contribution in [3.05, 3.63) is 0 Å². The van der Waals surface area contributed by atoms with Gasteiger partial charge >= 0.3 is 0 Å². The fraction of sp³-hybridized carbons (Fsp3) is 1.00. The zero-order valence-electron chi connectivity index (χ0n) is 9.59. The van der Waals surface area contributed by atoms with Gasteiger partial charge in [-0.1, -0.05) is 26.7 Å². The Kier molecular flexibility index (Phi) is 2.75. The van der Waals surface area contributed by atoms with Gasteiger partial charge in [0.05, 0.1) is 11.1 Å². The smallest absolute Gasteiger partial charge is 0.0640 e. The summed E-state index contributed by atoms with van der Waals surface area (Å²) in [6.07, 6.45) is 3.59. The zero-order chi connectivity index (χ0) is 10.3. The third kappa shape index (κ3) is 1.75. The first-order valence-electron chi connectivity index (χ1n) is 5.31. The molecule has 2 heteroatoms.